The second kappa shape index (κ2) is 5.83. The van der Waals surface area contributed by atoms with Crippen LogP contribution >= 0.6 is 0 Å². The molecule has 1 atom stereocenters. The number of hydrogen-bond acceptors (Lipinski definition) is 2. The molecular weight excluding hydrogens is 193 g/mol. The molecule has 15 heavy (non-hydrogen) atoms. The normalized spacial score (nSPS) is 12.8. The third kappa shape index (κ3) is 3.61. The Labute approximate surface area is 89.9 Å². The van der Waals surface area contributed by atoms with E-state index < -0.39 is 0 Å². The van der Waals surface area contributed by atoms with Gasteiger partial charge < -0.3 is 10.8 Å². The van der Waals surface area contributed by atoms with Crippen LogP contribution in [-0.4, -0.2) is 18.3 Å². The Morgan fingerprint density at radius 2 is 2.20 bits per heavy atom. The monoisotopic (exact) mass is 211 g/mol. The Hall–Kier alpha value is -0.930. The molecule has 0 aliphatic carbocycles. The van der Waals surface area contributed by atoms with E-state index in [0.29, 0.717) is 18.5 Å². The van der Waals surface area contributed by atoms with Crippen molar-refractivity contribution in [3.63, 3.8) is 0 Å². The van der Waals surface area contributed by atoms with Gasteiger partial charge in [-0.3, -0.25) is 0 Å². The van der Waals surface area contributed by atoms with Crippen molar-refractivity contribution in [2.45, 2.75) is 19.8 Å². The van der Waals surface area contributed by atoms with Crippen molar-refractivity contribution in [3.8, 4) is 0 Å². The summed E-state index contributed by atoms with van der Waals surface area (Å²) in [5.74, 6) is -0.0885. The number of hydrogen-bond donors (Lipinski definition) is 2. The fourth-order valence-corrected chi connectivity index (χ4v) is 1.50. The summed E-state index contributed by atoms with van der Waals surface area (Å²) in [5.41, 5.74) is 7.08. The summed E-state index contributed by atoms with van der Waals surface area (Å²) in [7, 11) is 0. The minimum absolute atomic E-state index is 0.0734. The van der Waals surface area contributed by atoms with Crippen LogP contribution in [0.5, 0.6) is 0 Å². The standard InChI is InChI=1S/C12H18FNO/c1-9-2-4-11(12(13)6-9)5-3-10(7-14)8-15/h2,4,6,10,15H,3,5,7-8,14H2,1H3. The zero-order valence-corrected chi connectivity index (χ0v) is 9.04. The molecule has 3 N–H and O–H groups in total. The summed E-state index contributed by atoms with van der Waals surface area (Å²) in [4.78, 5) is 0. The van der Waals surface area contributed by atoms with E-state index in [9.17, 15) is 4.39 Å². The highest BCUT2D eigenvalue weighted by Crippen LogP contribution is 2.14. The fraction of sp³-hybridized carbons (Fsp3) is 0.500. The molecule has 84 valence electrons. The predicted molar refractivity (Wildman–Crippen MR) is 59.1 cm³/mol. The van der Waals surface area contributed by atoms with Gasteiger partial charge in [0.05, 0.1) is 0 Å². The van der Waals surface area contributed by atoms with E-state index in [0.717, 1.165) is 12.0 Å². The lowest BCUT2D eigenvalue weighted by Gasteiger charge is -2.11. The molecule has 0 spiro atoms. The van der Waals surface area contributed by atoms with Gasteiger partial charge in [0.1, 0.15) is 5.82 Å². The number of aliphatic hydroxyl groups excluding tert-OH is 1. The van der Waals surface area contributed by atoms with E-state index in [1.807, 2.05) is 13.0 Å². The first-order chi connectivity index (χ1) is 7.17. The van der Waals surface area contributed by atoms with Crippen molar-refractivity contribution in [1.29, 1.82) is 0 Å². The fourth-order valence-electron chi connectivity index (χ4n) is 1.50. The zero-order chi connectivity index (χ0) is 11.3. The average Bonchev–Trinajstić information content (AvgIpc) is 2.22. The number of benzene rings is 1. The summed E-state index contributed by atoms with van der Waals surface area (Å²) < 4.78 is 13.4. The van der Waals surface area contributed by atoms with Crippen LogP contribution in [0.2, 0.25) is 0 Å². The lowest BCUT2D eigenvalue weighted by molar-refractivity contribution is 0.223. The second-order valence-electron chi connectivity index (χ2n) is 3.92. The lowest BCUT2D eigenvalue weighted by atomic mass is 9.99. The lowest BCUT2D eigenvalue weighted by Crippen LogP contribution is -2.18. The molecule has 0 bridgehead atoms. The van der Waals surface area contributed by atoms with Crippen molar-refractivity contribution in [2.24, 2.45) is 11.7 Å². The second-order valence-corrected chi connectivity index (χ2v) is 3.92. The van der Waals surface area contributed by atoms with E-state index >= 15 is 0 Å². The first-order valence-corrected chi connectivity index (χ1v) is 5.23. The van der Waals surface area contributed by atoms with Gasteiger partial charge in [0, 0.05) is 6.61 Å². The molecule has 1 aromatic rings. The summed E-state index contributed by atoms with van der Waals surface area (Å²) in [6.45, 7) is 2.39. The van der Waals surface area contributed by atoms with E-state index in [1.54, 1.807) is 6.07 Å². The summed E-state index contributed by atoms with van der Waals surface area (Å²) in [6, 6.07) is 5.23. The molecule has 2 nitrogen and oxygen atoms in total. The van der Waals surface area contributed by atoms with Crippen LogP contribution in [0, 0.1) is 18.7 Å². The topological polar surface area (TPSA) is 46.2 Å². The molecule has 0 aliphatic rings. The van der Waals surface area contributed by atoms with E-state index in [2.05, 4.69) is 0 Å². The molecule has 3 heteroatoms. The minimum atomic E-state index is -0.163. The van der Waals surface area contributed by atoms with Crippen molar-refractivity contribution in [2.75, 3.05) is 13.2 Å². The highest BCUT2D eigenvalue weighted by molar-refractivity contribution is 5.23. The first kappa shape index (κ1) is 12.1. The van der Waals surface area contributed by atoms with E-state index in [4.69, 9.17) is 10.8 Å². The molecule has 0 heterocycles. The Bertz CT molecular complexity index is 310. The number of aliphatic hydroxyl groups is 1. The number of aryl methyl sites for hydroxylation is 2. The van der Waals surface area contributed by atoms with Gasteiger partial charge in [-0.15, -0.1) is 0 Å². The van der Waals surface area contributed by atoms with E-state index in [-0.39, 0.29) is 18.3 Å². The quantitative estimate of drug-likeness (QED) is 0.777. The SMILES string of the molecule is Cc1ccc(CCC(CN)CO)c(F)c1. The van der Waals surface area contributed by atoms with Gasteiger partial charge in [-0.25, -0.2) is 4.39 Å². The van der Waals surface area contributed by atoms with E-state index in [1.165, 1.54) is 6.07 Å². The van der Waals surface area contributed by atoms with Crippen LogP contribution in [0.4, 0.5) is 4.39 Å². The van der Waals surface area contributed by atoms with Gasteiger partial charge in [0.2, 0.25) is 0 Å². The summed E-state index contributed by atoms with van der Waals surface area (Å²) in [5, 5.41) is 8.94. The first-order valence-electron chi connectivity index (χ1n) is 5.23. The highest BCUT2D eigenvalue weighted by Gasteiger charge is 2.07. The Kier molecular flexibility index (Phi) is 4.72. The molecule has 0 radical (unpaired) electrons. The van der Waals surface area contributed by atoms with Crippen molar-refractivity contribution < 1.29 is 9.50 Å². The molecule has 1 aromatic carbocycles. The Morgan fingerprint density at radius 1 is 1.47 bits per heavy atom. The van der Waals surface area contributed by atoms with Gasteiger partial charge >= 0.3 is 0 Å². The third-order valence-electron chi connectivity index (χ3n) is 2.62. The predicted octanol–water partition coefficient (Wildman–Crippen LogP) is 1.63. The van der Waals surface area contributed by atoms with Crippen LogP contribution in [0.15, 0.2) is 18.2 Å². The van der Waals surface area contributed by atoms with Crippen LogP contribution in [0.25, 0.3) is 0 Å². The van der Waals surface area contributed by atoms with Crippen molar-refractivity contribution >= 4 is 0 Å². The smallest absolute Gasteiger partial charge is 0.126 e. The molecular formula is C12H18FNO. The largest absolute Gasteiger partial charge is 0.396 e. The molecule has 0 amide bonds. The van der Waals surface area contributed by atoms with Crippen LogP contribution < -0.4 is 5.73 Å². The average molecular weight is 211 g/mol. The molecule has 1 unspecified atom stereocenters. The number of halogens is 1. The molecule has 0 saturated heterocycles. The molecule has 0 saturated carbocycles. The molecule has 0 aliphatic heterocycles. The maximum Gasteiger partial charge on any atom is 0.126 e. The van der Waals surface area contributed by atoms with Crippen molar-refractivity contribution in [1.82, 2.24) is 0 Å². The van der Waals surface area contributed by atoms with Crippen LogP contribution in [0.1, 0.15) is 17.5 Å². The third-order valence-corrected chi connectivity index (χ3v) is 2.62. The maximum atomic E-state index is 13.4. The summed E-state index contributed by atoms with van der Waals surface area (Å²) >= 11 is 0. The number of nitrogens with two attached hydrogens (primary N) is 1. The van der Waals surface area contributed by atoms with Gasteiger partial charge in [-0.05, 0) is 49.4 Å². The Balaban J connectivity index is 2.57. The van der Waals surface area contributed by atoms with Gasteiger partial charge in [-0.1, -0.05) is 12.1 Å². The minimum Gasteiger partial charge on any atom is -0.396 e. The van der Waals surface area contributed by atoms with Gasteiger partial charge in [0.25, 0.3) is 0 Å². The summed E-state index contributed by atoms with van der Waals surface area (Å²) in [6.07, 6.45) is 1.36. The highest BCUT2D eigenvalue weighted by atomic mass is 19.1. The van der Waals surface area contributed by atoms with Gasteiger partial charge in [-0.2, -0.15) is 0 Å². The maximum absolute atomic E-state index is 13.4. The van der Waals surface area contributed by atoms with Crippen molar-refractivity contribution in [3.05, 3.63) is 35.1 Å². The van der Waals surface area contributed by atoms with Gasteiger partial charge in [0.15, 0.2) is 0 Å². The zero-order valence-electron chi connectivity index (χ0n) is 9.04. The molecule has 0 fully saturated rings. The number of rotatable bonds is 5. The molecule has 0 aromatic heterocycles. The molecule has 1 rings (SSSR count). The Morgan fingerprint density at radius 3 is 2.73 bits per heavy atom. The van der Waals surface area contributed by atoms with Crippen LogP contribution in [0.3, 0.4) is 0 Å². The van der Waals surface area contributed by atoms with Crippen LogP contribution in [-0.2, 0) is 6.42 Å².